The number of hydrogen-bond acceptors (Lipinski definition) is 5. The minimum absolute atomic E-state index is 0.148. The average molecular weight is 255 g/mol. The van der Waals surface area contributed by atoms with Crippen molar-refractivity contribution in [3.63, 3.8) is 0 Å². The Kier molecular flexibility index (Phi) is 5.75. The Morgan fingerprint density at radius 3 is 2.50 bits per heavy atom. The topological polar surface area (TPSA) is 74.2 Å². The van der Waals surface area contributed by atoms with Crippen molar-refractivity contribution in [3.05, 3.63) is 11.7 Å². The van der Waals surface area contributed by atoms with E-state index < -0.39 is 5.60 Å². The van der Waals surface area contributed by atoms with E-state index in [-0.39, 0.29) is 6.04 Å². The van der Waals surface area contributed by atoms with Crippen molar-refractivity contribution in [1.29, 1.82) is 0 Å². The lowest BCUT2D eigenvalue weighted by atomic mass is 9.96. The molecule has 0 bridgehead atoms. The first-order valence-electron chi connectivity index (χ1n) is 6.80. The Bertz CT molecular complexity index is 346. The maximum Gasteiger partial charge on any atom is 0.226 e. The van der Waals surface area contributed by atoms with Gasteiger partial charge in [0.1, 0.15) is 5.60 Å². The van der Waals surface area contributed by atoms with Crippen LogP contribution in [0.4, 0.5) is 0 Å². The van der Waals surface area contributed by atoms with Crippen molar-refractivity contribution in [2.24, 2.45) is 5.73 Å². The van der Waals surface area contributed by atoms with Gasteiger partial charge < -0.3 is 15.0 Å². The molecule has 0 amide bonds. The lowest BCUT2D eigenvalue weighted by Gasteiger charge is -2.27. The summed E-state index contributed by atoms with van der Waals surface area (Å²) in [7, 11) is 0. The molecular weight excluding hydrogens is 230 g/mol. The Morgan fingerprint density at radius 1 is 1.33 bits per heavy atom. The highest BCUT2D eigenvalue weighted by Gasteiger charge is 2.34. The van der Waals surface area contributed by atoms with Crippen LogP contribution in [0.15, 0.2) is 4.52 Å². The van der Waals surface area contributed by atoms with Crippen molar-refractivity contribution in [1.82, 2.24) is 10.1 Å². The van der Waals surface area contributed by atoms with Crippen LogP contribution in [0.5, 0.6) is 0 Å². The van der Waals surface area contributed by atoms with E-state index in [9.17, 15) is 0 Å². The molecule has 18 heavy (non-hydrogen) atoms. The molecule has 1 rings (SSSR count). The summed E-state index contributed by atoms with van der Waals surface area (Å²) in [5.41, 5.74) is 5.31. The molecule has 0 saturated carbocycles. The summed E-state index contributed by atoms with van der Waals surface area (Å²) in [5, 5.41) is 4.08. The average Bonchev–Trinajstić information content (AvgIpc) is 2.83. The van der Waals surface area contributed by atoms with Gasteiger partial charge in [0.25, 0.3) is 0 Å². The van der Waals surface area contributed by atoms with Crippen LogP contribution in [0.3, 0.4) is 0 Å². The SMILES string of the molecule is CCOC(CC)(CC)c1noc(CCC(C)N)n1. The third-order valence-electron chi connectivity index (χ3n) is 3.25. The van der Waals surface area contributed by atoms with E-state index in [1.54, 1.807) is 0 Å². The minimum Gasteiger partial charge on any atom is -0.367 e. The number of nitrogens with zero attached hydrogens (tertiary/aromatic N) is 2. The monoisotopic (exact) mass is 255 g/mol. The number of aromatic nitrogens is 2. The predicted octanol–water partition coefficient (Wildman–Crippen LogP) is 2.40. The molecule has 0 aliphatic heterocycles. The van der Waals surface area contributed by atoms with Crippen LogP contribution in [0.25, 0.3) is 0 Å². The maximum atomic E-state index is 5.84. The van der Waals surface area contributed by atoms with Crippen LogP contribution in [-0.2, 0) is 16.8 Å². The molecule has 0 aromatic carbocycles. The fraction of sp³-hybridized carbons (Fsp3) is 0.846. The summed E-state index contributed by atoms with van der Waals surface area (Å²) < 4.78 is 11.1. The highest BCUT2D eigenvalue weighted by Crippen LogP contribution is 2.30. The van der Waals surface area contributed by atoms with Crippen LogP contribution in [0.2, 0.25) is 0 Å². The number of hydrogen-bond donors (Lipinski definition) is 1. The smallest absolute Gasteiger partial charge is 0.226 e. The highest BCUT2D eigenvalue weighted by atomic mass is 16.5. The minimum atomic E-state index is -0.412. The first kappa shape index (κ1) is 15.1. The van der Waals surface area contributed by atoms with Gasteiger partial charge in [-0.1, -0.05) is 19.0 Å². The van der Waals surface area contributed by atoms with Crippen LogP contribution in [0, 0.1) is 0 Å². The number of aryl methyl sites for hydroxylation is 1. The van der Waals surface area contributed by atoms with E-state index >= 15 is 0 Å². The molecule has 2 N–H and O–H groups in total. The van der Waals surface area contributed by atoms with Crippen molar-refractivity contribution < 1.29 is 9.26 Å². The van der Waals surface area contributed by atoms with Crippen LogP contribution in [-0.4, -0.2) is 22.8 Å². The van der Waals surface area contributed by atoms with E-state index in [1.165, 1.54) is 0 Å². The molecule has 0 fully saturated rings. The highest BCUT2D eigenvalue weighted by molar-refractivity contribution is 5.01. The Balaban J connectivity index is 2.80. The molecule has 0 aliphatic rings. The Hall–Kier alpha value is -0.940. The summed E-state index contributed by atoms with van der Waals surface area (Å²) in [5.74, 6) is 1.31. The van der Waals surface area contributed by atoms with Crippen LogP contribution in [0.1, 0.15) is 58.7 Å². The molecule has 0 radical (unpaired) electrons. The van der Waals surface area contributed by atoms with Gasteiger partial charge in [-0.05, 0) is 33.1 Å². The van der Waals surface area contributed by atoms with Gasteiger partial charge in [0.05, 0.1) is 0 Å². The van der Waals surface area contributed by atoms with Gasteiger partial charge in [0.15, 0.2) is 0 Å². The van der Waals surface area contributed by atoms with E-state index in [1.807, 2.05) is 13.8 Å². The summed E-state index contributed by atoms with van der Waals surface area (Å²) >= 11 is 0. The van der Waals surface area contributed by atoms with Gasteiger partial charge in [-0.3, -0.25) is 0 Å². The van der Waals surface area contributed by atoms with Gasteiger partial charge in [0, 0.05) is 19.1 Å². The van der Waals surface area contributed by atoms with Crippen LogP contribution >= 0.6 is 0 Å². The molecule has 1 aromatic rings. The molecule has 1 aromatic heterocycles. The standard InChI is InChI=1S/C13H25N3O2/c1-5-13(6-2,17-7-3)12-15-11(18-16-12)9-8-10(4)14/h10H,5-9,14H2,1-4H3. The second-order valence-corrected chi connectivity index (χ2v) is 4.66. The molecule has 5 nitrogen and oxygen atoms in total. The molecular formula is C13H25N3O2. The molecule has 0 spiro atoms. The second-order valence-electron chi connectivity index (χ2n) is 4.66. The zero-order chi connectivity index (χ0) is 13.6. The van der Waals surface area contributed by atoms with Gasteiger partial charge in [-0.25, -0.2) is 0 Å². The summed E-state index contributed by atoms with van der Waals surface area (Å²) in [4.78, 5) is 4.46. The second kappa shape index (κ2) is 6.85. The first-order chi connectivity index (χ1) is 8.57. The predicted molar refractivity (Wildman–Crippen MR) is 70.2 cm³/mol. The van der Waals surface area contributed by atoms with Gasteiger partial charge in [-0.15, -0.1) is 0 Å². The lowest BCUT2D eigenvalue weighted by molar-refractivity contribution is -0.0583. The van der Waals surface area contributed by atoms with Crippen molar-refractivity contribution in [2.75, 3.05) is 6.61 Å². The number of nitrogens with two attached hydrogens (primary N) is 1. The third-order valence-corrected chi connectivity index (χ3v) is 3.25. The maximum absolute atomic E-state index is 5.84. The molecule has 5 heteroatoms. The van der Waals surface area contributed by atoms with Gasteiger partial charge >= 0.3 is 0 Å². The zero-order valence-corrected chi connectivity index (χ0v) is 11.9. The molecule has 1 unspecified atom stereocenters. The normalized spacial score (nSPS) is 13.8. The zero-order valence-electron chi connectivity index (χ0n) is 11.9. The fourth-order valence-corrected chi connectivity index (χ4v) is 2.00. The first-order valence-corrected chi connectivity index (χ1v) is 6.80. The van der Waals surface area contributed by atoms with Gasteiger partial charge in [-0.2, -0.15) is 4.98 Å². The fourth-order valence-electron chi connectivity index (χ4n) is 2.00. The van der Waals surface area contributed by atoms with E-state index in [4.69, 9.17) is 15.0 Å². The molecule has 104 valence electrons. The largest absolute Gasteiger partial charge is 0.367 e. The number of rotatable bonds is 8. The van der Waals surface area contributed by atoms with Crippen LogP contribution < -0.4 is 5.73 Å². The third kappa shape index (κ3) is 3.53. The summed E-state index contributed by atoms with van der Waals surface area (Å²) in [6, 6.07) is 0.148. The molecule has 1 atom stereocenters. The number of ether oxygens (including phenoxy) is 1. The van der Waals surface area contributed by atoms with E-state index in [0.29, 0.717) is 18.3 Å². The van der Waals surface area contributed by atoms with E-state index in [0.717, 1.165) is 25.7 Å². The van der Waals surface area contributed by atoms with Crippen molar-refractivity contribution in [2.45, 2.75) is 65.0 Å². The van der Waals surface area contributed by atoms with Gasteiger partial charge in [0.2, 0.25) is 11.7 Å². The Morgan fingerprint density at radius 2 is 2.00 bits per heavy atom. The van der Waals surface area contributed by atoms with Crippen molar-refractivity contribution in [3.8, 4) is 0 Å². The molecule has 0 saturated heterocycles. The summed E-state index contributed by atoms with van der Waals surface area (Å²) in [6.45, 7) is 8.76. The quantitative estimate of drug-likeness (QED) is 0.772. The lowest BCUT2D eigenvalue weighted by Crippen LogP contribution is -2.29. The van der Waals surface area contributed by atoms with Crippen molar-refractivity contribution >= 4 is 0 Å². The molecule has 0 aliphatic carbocycles. The molecule has 1 heterocycles. The Labute approximate surface area is 109 Å². The summed E-state index contributed by atoms with van der Waals surface area (Å²) in [6.07, 6.45) is 3.25. The van der Waals surface area contributed by atoms with E-state index in [2.05, 4.69) is 24.0 Å².